The van der Waals surface area contributed by atoms with Crippen LogP contribution in [0.3, 0.4) is 0 Å². The molecule has 78 valence electrons. The average molecular weight is 212 g/mol. The quantitative estimate of drug-likeness (QED) is 0.581. The number of nitrogens with zero attached hydrogens (tertiary/aromatic N) is 1. The molecule has 3 heteroatoms. The smallest absolute Gasteiger partial charge is 0.131 e. The van der Waals surface area contributed by atoms with Gasteiger partial charge in [-0.25, -0.2) is 9.37 Å². The van der Waals surface area contributed by atoms with Gasteiger partial charge in [0.05, 0.1) is 5.52 Å². The van der Waals surface area contributed by atoms with E-state index in [0.29, 0.717) is 5.82 Å². The molecule has 0 atom stereocenters. The SMILES string of the molecule is Nc1nc2ccc(F)cc2c2ccccc12. The van der Waals surface area contributed by atoms with Gasteiger partial charge in [-0.05, 0) is 23.6 Å². The minimum absolute atomic E-state index is 0.260. The van der Waals surface area contributed by atoms with Crippen LogP contribution in [0.5, 0.6) is 0 Å². The predicted octanol–water partition coefficient (Wildman–Crippen LogP) is 3.11. The fourth-order valence-corrected chi connectivity index (χ4v) is 1.95. The molecule has 2 N–H and O–H groups in total. The number of pyridine rings is 1. The van der Waals surface area contributed by atoms with Crippen LogP contribution >= 0.6 is 0 Å². The third-order valence-electron chi connectivity index (χ3n) is 2.69. The molecule has 0 radical (unpaired) electrons. The van der Waals surface area contributed by atoms with E-state index in [2.05, 4.69) is 4.98 Å². The van der Waals surface area contributed by atoms with E-state index in [0.717, 1.165) is 21.7 Å². The third-order valence-corrected chi connectivity index (χ3v) is 2.69. The Morgan fingerprint density at radius 1 is 0.938 bits per heavy atom. The van der Waals surface area contributed by atoms with Gasteiger partial charge in [0.2, 0.25) is 0 Å². The van der Waals surface area contributed by atoms with Gasteiger partial charge in [-0.3, -0.25) is 0 Å². The number of rotatable bonds is 0. The fraction of sp³-hybridized carbons (Fsp3) is 0. The van der Waals surface area contributed by atoms with Crippen molar-refractivity contribution in [3.05, 3.63) is 48.3 Å². The molecule has 0 saturated carbocycles. The maximum Gasteiger partial charge on any atom is 0.131 e. The summed E-state index contributed by atoms with van der Waals surface area (Å²) < 4.78 is 13.2. The summed E-state index contributed by atoms with van der Waals surface area (Å²) in [6, 6.07) is 12.1. The van der Waals surface area contributed by atoms with Gasteiger partial charge in [0, 0.05) is 10.8 Å². The van der Waals surface area contributed by atoms with E-state index in [1.165, 1.54) is 12.1 Å². The molecule has 2 nitrogen and oxygen atoms in total. The summed E-state index contributed by atoms with van der Waals surface area (Å²) in [7, 11) is 0. The summed E-state index contributed by atoms with van der Waals surface area (Å²) in [5, 5.41) is 2.59. The largest absolute Gasteiger partial charge is 0.383 e. The zero-order chi connectivity index (χ0) is 11.1. The van der Waals surface area contributed by atoms with Crippen molar-refractivity contribution in [2.24, 2.45) is 0 Å². The average Bonchev–Trinajstić information content (AvgIpc) is 2.31. The Bertz CT molecular complexity index is 692. The molecule has 0 aliphatic rings. The number of hydrogen-bond acceptors (Lipinski definition) is 2. The molecule has 2 aromatic carbocycles. The topological polar surface area (TPSA) is 38.9 Å². The van der Waals surface area contributed by atoms with Gasteiger partial charge in [-0.1, -0.05) is 24.3 Å². The Morgan fingerprint density at radius 2 is 1.69 bits per heavy atom. The molecule has 0 saturated heterocycles. The molecule has 0 aliphatic carbocycles. The number of hydrogen-bond donors (Lipinski definition) is 1. The molecule has 3 aromatic rings. The van der Waals surface area contributed by atoms with E-state index in [9.17, 15) is 4.39 Å². The van der Waals surface area contributed by atoms with E-state index >= 15 is 0 Å². The second kappa shape index (κ2) is 3.17. The highest BCUT2D eigenvalue weighted by molar-refractivity contribution is 6.09. The van der Waals surface area contributed by atoms with Crippen LogP contribution in [0.4, 0.5) is 10.2 Å². The van der Waals surface area contributed by atoms with E-state index in [1.54, 1.807) is 6.07 Å². The number of benzene rings is 2. The number of anilines is 1. The lowest BCUT2D eigenvalue weighted by molar-refractivity contribution is 0.629. The molecule has 1 heterocycles. The van der Waals surface area contributed by atoms with Crippen LogP contribution in [-0.2, 0) is 0 Å². The highest BCUT2D eigenvalue weighted by Gasteiger charge is 2.05. The Morgan fingerprint density at radius 3 is 2.50 bits per heavy atom. The van der Waals surface area contributed by atoms with Crippen molar-refractivity contribution in [3.63, 3.8) is 0 Å². The number of aromatic nitrogens is 1. The van der Waals surface area contributed by atoms with Crippen LogP contribution < -0.4 is 5.73 Å². The lowest BCUT2D eigenvalue weighted by Crippen LogP contribution is -1.93. The first-order chi connectivity index (χ1) is 7.75. The minimum Gasteiger partial charge on any atom is -0.383 e. The van der Waals surface area contributed by atoms with Crippen LogP contribution in [0.15, 0.2) is 42.5 Å². The summed E-state index contributed by atoms with van der Waals surface area (Å²) in [5.74, 6) is 0.221. The summed E-state index contributed by atoms with van der Waals surface area (Å²) in [6.45, 7) is 0. The van der Waals surface area contributed by atoms with Crippen molar-refractivity contribution >= 4 is 27.5 Å². The second-order valence-corrected chi connectivity index (χ2v) is 3.70. The molecule has 0 spiro atoms. The molecule has 1 aromatic heterocycles. The lowest BCUT2D eigenvalue weighted by atomic mass is 10.1. The zero-order valence-corrected chi connectivity index (χ0v) is 8.44. The first kappa shape index (κ1) is 9.09. The minimum atomic E-state index is -0.260. The Balaban J connectivity index is 2.61. The van der Waals surface area contributed by atoms with Crippen molar-refractivity contribution in [1.29, 1.82) is 0 Å². The van der Waals surface area contributed by atoms with Gasteiger partial charge < -0.3 is 5.73 Å². The maximum absolute atomic E-state index is 13.2. The summed E-state index contributed by atoms with van der Waals surface area (Å²) in [5.41, 5.74) is 6.58. The van der Waals surface area contributed by atoms with Gasteiger partial charge in [-0.2, -0.15) is 0 Å². The normalized spacial score (nSPS) is 11.1. The van der Waals surface area contributed by atoms with Crippen molar-refractivity contribution in [2.75, 3.05) is 5.73 Å². The number of halogens is 1. The Labute approximate surface area is 91.5 Å². The first-order valence-electron chi connectivity index (χ1n) is 4.99. The summed E-state index contributed by atoms with van der Waals surface area (Å²) in [6.07, 6.45) is 0. The molecule has 3 rings (SSSR count). The highest BCUT2D eigenvalue weighted by Crippen LogP contribution is 2.27. The summed E-state index contributed by atoms with van der Waals surface area (Å²) in [4.78, 5) is 4.26. The van der Waals surface area contributed by atoms with E-state index < -0.39 is 0 Å². The number of nitrogen functional groups attached to an aromatic ring is 1. The Kier molecular flexibility index (Phi) is 1.80. The highest BCUT2D eigenvalue weighted by atomic mass is 19.1. The van der Waals surface area contributed by atoms with Crippen LogP contribution in [0, 0.1) is 5.82 Å². The molecule has 0 fully saturated rings. The lowest BCUT2D eigenvalue weighted by Gasteiger charge is -2.05. The maximum atomic E-state index is 13.2. The van der Waals surface area contributed by atoms with Crippen LogP contribution in [0.25, 0.3) is 21.7 Å². The van der Waals surface area contributed by atoms with Crippen LogP contribution in [-0.4, -0.2) is 4.98 Å². The van der Waals surface area contributed by atoms with E-state index in [-0.39, 0.29) is 5.82 Å². The van der Waals surface area contributed by atoms with E-state index in [4.69, 9.17) is 5.73 Å². The van der Waals surface area contributed by atoms with Crippen molar-refractivity contribution in [1.82, 2.24) is 4.98 Å². The standard InChI is InChI=1S/C13H9FN2/c14-8-5-6-12-11(7-8)9-3-1-2-4-10(9)13(15)16-12/h1-7H,(H2,15,16). The van der Waals surface area contributed by atoms with Crippen LogP contribution in [0.2, 0.25) is 0 Å². The fourth-order valence-electron chi connectivity index (χ4n) is 1.95. The molecule has 0 unspecified atom stereocenters. The van der Waals surface area contributed by atoms with E-state index in [1.807, 2.05) is 24.3 Å². The molecule has 0 amide bonds. The Hall–Kier alpha value is -2.16. The monoisotopic (exact) mass is 212 g/mol. The van der Waals surface area contributed by atoms with Gasteiger partial charge in [0.1, 0.15) is 11.6 Å². The third kappa shape index (κ3) is 1.21. The molecule has 16 heavy (non-hydrogen) atoms. The molecule has 0 aliphatic heterocycles. The summed E-state index contributed by atoms with van der Waals surface area (Å²) >= 11 is 0. The molecular weight excluding hydrogens is 203 g/mol. The predicted molar refractivity (Wildman–Crippen MR) is 63.6 cm³/mol. The van der Waals surface area contributed by atoms with Crippen molar-refractivity contribution in [2.45, 2.75) is 0 Å². The second-order valence-electron chi connectivity index (χ2n) is 3.70. The molecule has 0 bridgehead atoms. The number of fused-ring (bicyclic) bond motifs is 3. The molecular formula is C13H9FN2. The zero-order valence-electron chi connectivity index (χ0n) is 8.44. The van der Waals surface area contributed by atoms with Gasteiger partial charge in [0.25, 0.3) is 0 Å². The van der Waals surface area contributed by atoms with Crippen molar-refractivity contribution in [3.8, 4) is 0 Å². The first-order valence-corrected chi connectivity index (χ1v) is 4.99. The van der Waals surface area contributed by atoms with Gasteiger partial charge >= 0.3 is 0 Å². The number of nitrogens with two attached hydrogens (primary N) is 1. The van der Waals surface area contributed by atoms with Gasteiger partial charge in [0.15, 0.2) is 0 Å². The van der Waals surface area contributed by atoms with Crippen LogP contribution in [0.1, 0.15) is 0 Å². The van der Waals surface area contributed by atoms with Gasteiger partial charge in [-0.15, -0.1) is 0 Å². The van der Waals surface area contributed by atoms with Crippen molar-refractivity contribution < 1.29 is 4.39 Å².